The Kier molecular flexibility index (Phi) is 3.72. The maximum atomic E-state index is 12.2. The minimum atomic E-state index is -3.62. The lowest BCUT2D eigenvalue weighted by Gasteiger charge is -2.10. The first-order valence-electron chi connectivity index (χ1n) is 5.99. The van der Waals surface area contributed by atoms with Crippen molar-refractivity contribution in [3.8, 4) is 0 Å². The van der Waals surface area contributed by atoms with E-state index in [-0.39, 0.29) is 11.1 Å². The van der Waals surface area contributed by atoms with Gasteiger partial charge in [0, 0.05) is 30.5 Å². The summed E-state index contributed by atoms with van der Waals surface area (Å²) in [5.41, 5.74) is 0.773. The Bertz CT molecular complexity index is 645. The monoisotopic (exact) mass is 283 g/mol. The molecule has 2 N–H and O–H groups in total. The molecule has 0 amide bonds. The molecule has 0 aliphatic heterocycles. The van der Waals surface area contributed by atoms with E-state index in [1.165, 1.54) is 0 Å². The van der Waals surface area contributed by atoms with E-state index in [2.05, 4.69) is 19.9 Å². The Morgan fingerprint density at radius 2 is 2.26 bits per heavy atom. The highest BCUT2D eigenvalue weighted by Crippen LogP contribution is 2.15. The molecule has 0 aliphatic carbocycles. The summed E-state index contributed by atoms with van der Waals surface area (Å²) in [6.45, 7) is 6.16. The number of nitrogens with zero attached hydrogens (tertiary/aromatic N) is 3. The molecule has 8 heteroatoms. The van der Waals surface area contributed by atoms with Gasteiger partial charge in [-0.25, -0.2) is 18.1 Å². The van der Waals surface area contributed by atoms with Gasteiger partial charge in [0.1, 0.15) is 5.82 Å². The third-order valence-corrected chi connectivity index (χ3v) is 4.33. The normalized spacial score (nSPS) is 13.6. The van der Waals surface area contributed by atoms with E-state index >= 15 is 0 Å². The molecule has 0 saturated carbocycles. The molecule has 19 heavy (non-hydrogen) atoms. The second-order valence-electron chi connectivity index (χ2n) is 4.29. The zero-order valence-electron chi connectivity index (χ0n) is 11.1. The van der Waals surface area contributed by atoms with Crippen LogP contribution in [0.4, 0.5) is 0 Å². The molecule has 1 unspecified atom stereocenters. The predicted molar refractivity (Wildman–Crippen MR) is 70.0 cm³/mol. The standard InChI is InChI=1S/C11H17N5O2S/c1-4-16-7-11(14-9(16)3)19(17,18)15-8(2)10-5-12-13-6-10/h5-8,15H,4H2,1-3H3,(H,12,13). The van der Waals surface area contributed by atoms with Crippen molar-refractivity contribution in [1.82, 2.24) is 24.5 Å². The van der Waals surface area contributed by atoms with Crippen LogP contribution in [0.15, 0.2) is 23.6 Å². The van der Waals surface area contributed by atoms with E-state index in [0.29, 0.717) is 12.4 Å². The molecule has 2 heterocycles. The van der Waals surface area contributed by atoms with E-state index in [9.17, 15) is 8.42 Å². The first-order valence-corrected chi connectivity index (χ1v) is 7.47. The second kappa shape index (κ2) is 5.14. The number of imidazole rings is 1. The summed E-state index contributed by atoms with van der Waals surface area (Å²) in [6.07, 6.45) is 4.78. The molecule has 2 rings (SSSR count). The van der Waals surface area contributed by atoms with Crippen molar-refractivity contribution in [3.63, 3.8) is 0 Å². The minimum Gasteiger partial charge on any atom is -0.334 e. The van der Waals surface area contributed by atoms with E-state index < -0.39 is 10.0 Å². The highest BCUT2D eigenvalue weighted by Gasteiger charge is 2.22. The Morgan fingerprint density at radius 1 is 1.53 bits per heavy atom. The molecule has 0 radical (unpaired) electrons. The van der Waals surface area contributed by atoms with Crippen LogP contribution in [-0.2, 0) is 16.6 Å². The molecule has 104 valence electrons. The quantitative estimate of drug-likeness (QED) is 0.855. The number of hydrogen-bond donors (Lipinski definition) is 2. The molecule has 0 fully saturated rings. The minimum absolute atomic E-state index is 0.0437. The first-order chi connectivity index (χ1) is 8.94. The summed E-state index contributed by atoms with van der Waals surface area (Å²) in [6, 6.07) is -0.365. The van der Waals surface area contributed by atoms with Crippen molar-refractivity contribution < 1.29 is 8.42 Å². The fourth-order valence-corrected chi connectivity index (χ4v) is 3.03. The van der Waals surface area contributed by atoms with Crippen LogP contribution in [-0.4, -0.2) is 28.2 Å². The molecule has 0 bridgehead atoms. The molecule has 0 aromatic carbocycles. The predicted octanol–water partition coefficient (Wildman–Crippen LogP) is 0.974. The van der Waals surface area contributed by atoms with Crippen molar-refractivity contribution in [1.29, 1.82) is 0 Å². The lowest BCUT2D eigenvalue weighted by Crippen LogP contribution is -2.27. The van der Waals surface area contributed by atoms with Gasteiger partial charge in [-0.2, -0.15) is 5.10 Å². The Hall–Kier alpha value is -1.67. The van der Waals surface area contributed by atoms with Crippen LogP contribution in [0.2, 0.25) is 0 Å². The third-order valence-electron chi connectivity index (χ3n) is 2.92. The number of nitrogens with one attached hydrogen (secondary N) is 2. The number of H-pyrrole nitrogens is 1. The van der Waals surface area contributed by atoms with Gasteiger partial charge in [-0.3, -0.25) is 5.10 Å². The number of aromatic amines is 1. The van der Waals surface area contributed by atoms with E-state index in [0.717, 1.165) is 5.56 Å². The van der Waals surface area contributed by atoms with Crippen LogP contribution in [0.5, 0.6) is 0 Å². The molecule has 0 saturated heterocycles. The number of rotatable bonds is 5. The Balaban J connectivity index is 2.22. The zero-order chi connectivity index (χ0) is 14.0. The van der Waals surface area contributed by atoms with Crippen LogP contribution >= 0.6 is 0 Å². The third kappa shape index (κ3) is 2.85. The van der Waals surface area contributed by atoms with Crippen molar-refractivity contribution in [2.45, 2.75) is 38.4 Å². The van der Waals surface area contributed by atoms with Gasteiger partial charge in [0.15, 0.2) is 5.03 Å². The van der Waals surface area contributed by atoms with Crippen LogP contribution in [0.3, 0.4) is 0 Å². The van der Waals surface area contributed by atoms with Crippen molar-refractivity contribution in [2.24, 2.45) is 0 Å². The fraction of sp³-hybridized carbons (Fsp3) is 0.455. The first kappa shape index (κ1) is 13.8. The summed E-state index contributed by atoms with van der Waals surface area (Å²) in [7, 11) is -3.62. The van der Waals surface area contributed by atoms with Crippen LogP contribution < -0.4 is 4.72 Å². The number of aromatic nitrogens is 4. The van der Waals surface area contributed by atoms with Gasteiger partial charge in [-0.15, -0.1) is 0 Å². The molecule has 2 aromatic rings. The summed E-state index contributed by atoms with van der Waals surface area (Å²) >= 11 is 0. The smallest absolute Gasteiger partial charge is 0.260 e. The summed E-state index contributed by atoms with van der Waals surface area (Å²) in [5, 5.41) is 6.50. The summed E-state index contributed by atoms with van der Waals surface area (Å²) in [4.78, 5) is 4.08. The van der Waals surface area contributed by atoms with Gasteiger partial charge >= 0.3 is 0 Å². The topological polar surface area (TPSA) is 92.7 Å². The molecular weight excluding hydrogens is 266 g/mol. The molecule has 0 aliphatic rings. The highest BCUT2D eigenvalue weighted by molar-refractivity contribution is 7.89. The molecule has 1 atom stereocenters. The van der Waals surface area contributed by atoms with E-state index in [1.807, 2.05) is 6.92 Å². The molecule has 2 aromatic heterocycles. The van der Waals surface area contributed by atoms with Crippen molar-refractivity contribution >= 4 is 10.0 Å². The largest absolute Gasteiger partial charge is 0.334 e. The van der Waals surface area contributed by atoms with Gasteiger partial charge in [0.05, 0.1) is 6.20 Å². The molecular formula is C11H17N5O2S. The van der Waals surface area contributed by atoms with Gasteiger partial charge in [0.2, 0.25) is 0 Å². The van der Waals surface area contributed by atoms with Gasteiger partial charge in [-0.05, 0) is 20.8 Å². The van der Waals surface area contributed by atoms with Crippen molar-refractivity contribution in [2.75, 3.05) is 0 Å². The van der Waals surface area contributed by atoms with Crippen molar-refractivity contribution in [3.05, 3.63) is 30.0 Å². The average molecular weight is 283 g/mol. The summed E-state index contributed by atoms with van der Waals surface area (Å²) < 4.78 is 28.8. The number of sulfonamides is 1. The maximum Gasteiger partial charge on any atom is 0.260 e. The number of hydrogen-bond acceptors (Lipinski definition) is 4. The zero-order valence-corrected chi connectivity index (χ0v) is 11.9. The van der Waals surface area contributed by atoms with Gasteiger partial charge < -0.3 is 4.57 Å². The highest BCUT2D eigenvalue weighted by atomic mass is 32.2. The Morgan fingerprint density at radius 3 is 2.79 bits per heavy atom. The molecule has 7 nitrogen and oxygen atoms in total. The second-order valence-corrected chi connectivity index (χ2v) is 5.95. The lowest BCUT2D eigenvalue weighted by atomic mass is 10.2. The fourth-order valence-electron chi connectivity index (χ4n) is 1.79. The van der Waals surface area contributed by atoms with Crippen LogP contribution in [0.25, 0.3) is 0 Å². The van der Waals surface area contributed by atoms with Crippen LogP contribution in [0.1, 0.15) is 31.3 Å². The van der Waals surface area contributed by atoms with E-state index in [4.69, 9.17) is 0 Å². The van der Waals surface area contributed by atoms with Gasteiger partial charge in [-0.1, -0.05) is 0 Å². The van der Waals surface area contributed by atoms with Crippen LogP contribution in [0, 0.1) is 6.92 Å². The SMILES string of the molecule is CCn1cc(S(=O)(=O)NC(C)c2cn[nH]c2)nc1C. The molecule has 0 spiro atoms. The Labute approximate surface area is 112 Å². The maximum absolute atomic E-state index is 12.2. The number of aryl methyl sites for hydroxylation is 2. The summed E-state index contributed by atoms with van der Waals surface area (Å²) in [5.74, 6) is 0.679. The average Bonchev–Trinajstić information content (AvgIpc) is 2.96. The van der Waals surface area contributed by atoms with E-state index in [1.54, 1.807) is 37.0 Å². The lowest BCUT2D eigenvalue weighted by molar-refractivity contribution is 0.563. The van der Waals surface area contributed by atoms with Gasteiger partial charge in [0.25, 0.3) is 10.0 Å².